The fourth-order valence-corrected chi connectivity index (χ4v) is 2.82. The number of carbonyl (C=O) groups excluding carboxylic acids is 1. The molecule has 2 heterocycles. The second-order valence-corrected chi connectivity index (χ2v) is 5.17. The van der Waals surface area contributed by atoms with E-state index in [1.165, 1.54) is 12.8 Å². The van der Waals surface area contributed by atoms with Gasteiger partial charge in [0, 0.05) is 31.8 Å². The highest BCUT2D eigenvalue weighted by molar-refractivity contribution is 5.79. The van der Waals surface area contributed by atoms with Crippen LogP contribution in [0, 0.1) is 11.8 Å². The summed E-state index contributed by atoms with van der Waals surface area (Å²) in [6, 6.07) is 0. The van der Waals surface area contributed by atoms with E-state index in [1.54, 1.807) is 0 Å². The molecule has 1 amide bonds. The van der Waals surface area contributed by atoms with E-state index >= 15 is 0 Å². The van der Waals surface area contributed by atoms with Crippen molar-refractivity contribution in [1.29, 1.82) is 0 Å². The van der Waals surface area contributed by atoms with E-state index < -0.39 is 0 Å². The minimum atomic E-state index is 0.334. The Morgan fingerprint density at radius 1 is 1.27 bits per heavy atom. The largest absolute Gasteiger partial charge is 0.346 e. The minimum Gasteiger partial charge on any atom is -0.346 e. The van der Waals surface area contributed by atoms with Gasteiger partial charge in [-0.25, -0.2) is 0 Å². The third-order valence-electron chi connectivity index (χ3n) is 3.76. The van der Waals surface area contributed by atoms with Gasteiger partial charge in [-0.3, -0.25) is 4.79 Å². The Bertz CT molecular complexity index is 224. The van der Waals surface area contributed by atoms with Gasteiger partial charge < -0.3 is 10.2 Å². The van der Waals surface area contributed by atoms with Crippen molar-refractivity contribution in [2.75, 3.05) is 26.2 Å². The molecule has 2 N–H and O–H groups in total. The Morgan fingerprint density at radius 2 is 2.00 bits per heavy atom. The Kier molecular flexibility index (Phi) is 3.62. The van der Waals surface area contributed by atoms with Crippen LogP contribution in [-0.2, 0) is 4.79 Å². The number of likely N-dealkylation sites (tertiary alicyclic amines) is 1. The molecule has 3 nitrogen and oxygen atoms in total. The van der Waals surface area contributed by atoms with Crippen LogP contribution in [-0.4, -0.2) is 37.0 Å². The quantitative estimate of drug-likeness (QED) is 0.662. The molecule has 3 heteroatoms. The molecule has 86 valence electrons. The summed E-state index contributed by atoms with van der Waals surface area (Å²) in [5.41, 5.74) is 0. The lowest BCUT2D eigenvalue weighted by molar-refractivity contribution is -0.664. The van der Waals surface area contributed by atoms with Gasteiger partial charge in [-0.15, -0.1) is 0 Å². The number of hydrogen-bond donors (Lipinski definition) is 1. The van der Waals surface area contributed by atoms with Crippen LogP contribution in [0.3, 0.4) is 0 Å². The van der Waals surface area contributed by atoms with E-state index in [1.807, 2.05) is 0 Å². The third kappa shape index (κ3) is 2.71. The number of amides is 1. The molecule has 0 aromatic heterocycles. The second-order valence-electron chi connectivity index (χ2n) is 5.17. The summed E-state index contributed by atoms with van der Waals surface area (Å²) in [7, 11) is 0. The number of nitrogens with two attached hydrogens (primary N) is 1. The molecule has 0 spiro atoms. The maximum atomic E-state index is 12.2. The lowest BCUT2D eigenvalue weighted by Gasteiger charge is -2.34. The molecule has 2 rings (SSSR count). The number of carbonyl (C=O) groups is 1. The predicted molar refractivity (Wildman–Crippen MR) is 59.4 cm³/mol. The van der Waals surface area contributed by atoms with Crippen LogP contribution in [0.4, 0.5) is 0 Å². The monoisotopic (exact) mass is 211 g/mol. The number of quaternary nitrogens is 1. The highest BCUT2D eigenvalue weighted by atomic mass is 16.2. The number of hydrogen-bond acceptors (Lipinski definition) is 1. The Labute approximate surface area is 92.2 Å². The van der Waals surface area contributed by atoms with Crippen molar-refractivity contribution in [3.8, 4) is 0 Å². The Hall–Kier alpha value is -0.570. The van der Waals surface area contributed by atoms with Gasteiger partial charge in [0.2, 0.25) is 5.91 Å². The molecular weight excluding hydrogens is 188 g/mol. The topological polar surface area (TPSA) is 36.9 Å². The van der Waals surface area contributed by atoms with E-state index in [4.69, 9.17) is 0 Å². The first-order chi connectivity index (χ1) is 7.27. The molecule has 2 aliphatic heterocycles. The number of piperidine rings is 2. The molecule has 0 aromatic carbocycles. The van der Waals surface area contributed by atoms with E-state index in [-0.39, 0.29) is 0 Å². The summed E-state index contributed by atoms with van der Waals surface area (Å²) in [5.74, 6) is 1.48. The molecule has 0 unspecified atom stereocenters. The minimum absolute atomic E-state index is 0.334. The van der Waals surface area contributed by atoms with Crippen LogP contribution in [0.5, 0.6) is 0 Å². The van der Waals surface area contributed by atoms with Crippen molar-refractivity contribution in [1.82, 2.24) is 4.90 Å². The first-order valence-corrected chi connectivity index (χ1v) is 6.38. The van der Waals surface area contributed by atoms with Crippen LogP contribution < -0.4 is 5.32 Å². The van der Waals surface area contributed by atoms with Gasteiger partial charge in [0.05, 0.1) is 13.1 Å². The van der Waals surface area contributed by atoms with E-state index in [0.29, 0.717) is 17.7 Å². The molecule has 0 aliphatic carbocycles. The van der Waals surface area contributed by atoms with E-state index in [9.17, 15) is 4.79 Å². The first-order valence-electron chi connectivity index (χ1n) is 6.38. The van der Waals surface area contributed by atoms with Crippen molar-refractivity contribution in [3.63, 3.8) is 0 Å². The Morgan fingerprint density at radius 3 is 2.67 bits per heavy atom. The van der Waals surface area contributed by atoms with Crippen molar-refractivity contribution < 1.29 is 10.1 Å². The summed E-state index contributed by atoms with van der Waals surface area (Å²) in [6.07, 6.45) is 4.67. The van der Waals surface area contributed by atoms with Crippen LogP contribution in [0.15, 0.2) is 0 Å². The highest BCUT2D eigenvalue weighted by Crippen LogP contribution is 2.20. The smallest absolute Gasteiger partial charge is 0.226 e. The molecule has 0 aromatic rings. The highest BCUT2D eigenvalue weighted by Gasteiger charge is 2.29. The summed E-state index contributed by atoms with van der Waals surface area (Å²) < 4.78 is 0. The maximum absolute atomic E-state index is 12.2. The van der Waals surface area contributed by atoms with Crippen molar-refractivity contribution >= 4 is 5.91 Å². The van der Waals surface area contributed by atoms with Gasteiger partial charge in [-0.05, 0) is 18.8 Å². The zero-order valence-electron chi connectivity index (χ0n) is 9.74. The number of rotatable bonds is 1. The third-order valence-corrected chi connectivity index (χ3v) is 3.76. The molecule has 15 heavy (non-hydrogen) atoms. The van der Waals surface area contributed by atoms with E-state index in [0.717, 1.165) is 39.0 Å². The lowest BCUT2D eigenvalue weighted by atomic mass is 9.93. The molecule has 0 bridgehead atoms. The van der Waals surface area contributed by atoms with Gasteiger partial charge in [0.25, 0.3) is 0 Å². The van der Waals surface area contributed by atoms with Gasteiger partial charge in [0.15, 0.2) is 0 Å². The first kappa shape index (κ1) is 10.9. The molecule has 2 fully saturated rings. The van der Waals surface area contributed by atoms with Crippen LogP contribution >= 0.6 is 0 Å². The summed E-state index contributed by atoms with van der Waals surface area (Å²) >= 11 is 0. The molecule has 2 aliphatic rings. The molecular formula is C12H23N2O+. The van der Waals surface area contributed by atoms with E-state index in [2.05, 4.69) is 17.1 Å². The summed E-state index contributed by atoms with van der Waals surface area (Å²) in [5, 5.41) is 2.32. The van der Waals surface area contributed by atoms with Crippen LogP contribution in [0.1, 0.15) is 32.6 Å². The van der Waals surface area contributed by atoms with Crippen LogP contribution in [0.25, 0.3) is 0 Å². The Balaban J connectivity index is 1.88. The predicted octanol–water partition coefficient (Wildman–Crippen LogP) is 0.218. The second kappa shape index (κ2) is 4.97. The fraction of sp³-hybridized carbons (Fsp3) is 0.917. The normalized spacial score (nSPS) is 29.1. The van der Waals surface area contributed by atoms with Gasteiger partial charge in [-0.1, -0.05) is 6.92 Å². The fourth-order valence-electron chi connectivity index (χ4n) is 2.82. The van der Waals surface area contributed by atoms with Crippen molar-refractivity contribution in [2.45, 2.75) is 32.6 Å². The van der Waals surface area contributed by atoms with Gasteiger partial charge >= 0.3 is 0 Å². The lowest BCUT2D eigenvalue weighted by Crippen LogP contribution is -2.86. The summed E-state index contributed by atoms with van der Waals surface area (Å²) in [6.45, 7) is 6.54. The average Bonchev–Trinajstić information content (AvgIpc) is 2.29. The van der Waals surface area contributed by atoms with Gasteiger partial charge in [-0.2, -0.15) is 0 Å². The van der Waals surface area contributed by atoms with Crippen molar-refractivity contribution in [3.05, 3.63) is 0 Å². The van der Waals surface area contributed by atoms with Crippen LogP contribution in [0.2, 0.25) is 0 Å². The SMILES string of the molecule is C[C@@H]1CCCN(C(=O)C2CC[NH2+]CC2)C1. The summed E-state index contributed by atoms with van der Waals surface area (Å²) in [4.78, 5) is 14.3. The zero-order chi connectivity index (χ0) is 10.7. The zero-order valence-corrected chi connectivity index (χ0v) is 9.74. The molecule has 2 saturated heterocycles. The molecule has 0 radical (unpaired) electrons. The molecule has 1 atom stereocenters. The number of nitrogens with zero attached hydrogens (tertiary/aromatic N) is 1. The average molecular weight is 211 g/mol. The molecule has 0 saturated carbocycles. The van der Waals surface area contributed by atoms with Crippen molar-refractivity contribution in [2.24, 2.45) is 11.8 Å². The van der Waals surface area contributed by atoms with Gasteiger partial charge in [0.1, 0.15) is 0 Å². The standard InChI is InChI=1S/C12H22N2O/c1-10-3-2-8-14(9-10)12(15)11-4-6-13-7-5-11/h10-11,13H,2-9H2,1H3/p+1/t10-/m1/s1. The maximum Gasteiger partial charge on any atom is 0.226 e.